The SMILES string of the molecule is CC(C)CN(CC(C)C)c1ccc(OCC(=O)O)cc1NC(=O)Cc1ccc(F)cc1F. The number of benzene rings is 2. The monoisotopic (exact) mass is 448 g/mol. The lowest BCUT2D eigenvalue weighted by Crippen LogP contribution is -2.32. The van der Waals surface area contributed by atoms with Crippen LogP contribution in [0.3, 0.4) is 0 Å². The summed E-state index contributed by atoms with van der Waals surface area (Å²) in [6, 6.07) is 8.06. The van der Waals surface area contributed by atoms with E-state index in [0.717, 1.165) is 30.9 Å². The Morgan fingerprint density at radius 1 is 1.03 bits per heavy atom. The van der Waals surface area contributed by atoms with Gasteiger partial charge in [0.25, 0.3) is 0 Å². The molecule has 2 aromatic rings. The molecule has 0 aliphatic rings. The molecule has 0 saturated heterocycles. The van der Waals surface area contributed by atoms with Crippen LogP contribution in [0, 0.1) is 23.5 Å². The summed E-state index contributed by atoms with van der Waals surface area (Å²) >= 11 is 0. The molecule has 0 fully saturated rings. The van der Waals surface area contributed by atoms with Gasteiger partial charge in [0.2, 0.25) is 5.91 Å². The number of rotatable bonds is 11. The third kappa shape index (κ3) is 7.83. The topological polar surface area (TPSA) is 78.9 Å². The largest absolute Gasteiger partial charge is 0.482 e. The zero-order valence-corrected chi connectivity index (χ0v) is 18.8. The normalized spacial score (nSPS) is 11.0. The van der Waals surface area contributed by atoms with Crippen LogP contribution in [0.5, 0.6) is 5.75 Å². The van der Waals surface area contributed by atoms with Crippen LogP contribution in [0.2, 0.25) is 0 Å². The first-order valence-corrected chi connectivity index (χ1v) is 10.5. The van der Waals surface area contributed by atoms with E-state index in [0.29, 0.717) is 17.5 Å². The number of hydrogen-bond acceptors (Lipinski definition) is 4. The molecule has 32 heavy (non-hydrogen) atoms. The minimum Gasteiger partial charge on any atom is -0.482 e. The molecular formula is C24H30F2N2O4. The van der Waals surface area contributed by atoms with Gasteiger partial charge in [-0.15, -0.1) is 0 Å². The second kappa shape index (κ2) is 11.5. The van der Waals surface area contributed by atoms with Crippen LogP contribution in [-0.2, 0) is 16.0 Å². The van der Waals surface area contributed by atoms with Crippen molar-refractivity contribution < 1.29 is 28.2 Å². The molecule has 1 amide bonds. The summed E-state index contributed by atoms with van der Waals surface area (Å²) in [6.07, 6.45) is -0.278. The standard InChI is InChI=1S/C24H30F2N2O4/c1-15(2)12-28(13-16(3)4)22-8-7-19(32-14-24(30)31)11-21(22)27-23(29)9-17-5-6-18(25)10-20(17)26/h5-8,10-11,15-16H,9,12-14H2,1-4H3,(H,27,29)(H,30,31). The summed E-state index contributed by atoms with van der Waals surface area (Å²) in [6.45, 7) is 9.32. The van der Waals surface area contributed by atoms with Gasteiger partial charge in [-0.1, -0.05) is 33.8 Å². The second-order valence-corrected chi connectivity index (χ2v) is 8.51. The van der Waals surface area contributed by atoms with Crippen molar-refractivity contribution in [2.24, 2.45) is 11.8 Å². The third-order valence-corrected chi connectivity index (χ3v) is 4.48. The maximum Gasteiger partial charge on any atom is 0.341 e. The Kier molecular flexibility index (Phi) is 8.99. The van der Waals surface area contributed by atoms with Gasteiger partial charge < -0.3 is 20.1 Å². The van der Waals surface area contributed by atoms with Crippen molar-refractivity contribution in [1.82, 2.24) is 0 Å². The Morgan fingerprint density at radius 2 is 1.69 bits per heavy atom. The van der Waals surface area contributed by atoms with E-state index < -0.39 is 30.1 Å². The molecule has 8 heteroatoms. The van der Waals surface area contributed by atoms with Crippen LogP contribution < -0.4 is 15.0 Å². The molecule has 0 spiro atoms. The number of carbonyl (C=O) groups is 2. The van der Waals surface area contributed by atoms with Crippen molar-refractivity contribution in [2.75, 3.05) is 29.9 Å². The van der Waals surface area contributed by atoms with Crippen LogP contribution in [-0.4, -0.2) is 36.7 Å². The minimum absolute atomic E-state index is 0.0740. The number of anilines is 2. The first kappa shape index (κ1) is 25.1. The van der Waals surface area contributed by atoms with Gasteiger partial charge in [-0.25, -0.2) is 13.6 Å². The predicted molar refractivity (Wildman–Crippen MR) is 120 cm³/mol. The maximum atomic E-state index is 14.0. The Morgan fingerprint density at radius 3 is 2.25 bits per heavy atom. The lowest BCUT2D eigenvalue weighted by atomic mass is 10.1. The quantitative estimate of drug-likeness (QED) is 0.520. The first-order chi connectivity index (χ1) is 15.0. The highest BCUT2D eigenvalue weighted by Crippen LogP contribution is 2.32. The molecule has 2 aromatic carbocycles. The molecule has 0 aliphatic heterocycles. The fourth-order valence-electron chi connectivity index (χ4n) is 3.31. The van der Waals surface area contributed by atoms with Crippen LogP contribution in [0.15, 0.2) is 36.4 Å². The summed E-state index contributed by atoms with van der Waals surface area (Å²) in [5, 5.41) is 11.7. The number of carbonyl (C=O) groups excluding carboxylic acids is 1. The number of hydrogen-bond donors (Lipinski definition) is 2. The van der Waals surface area contributed by atoms with Gasteiger partial charge in [0.1, 0.15) is 17.4 Å². The molecule has 0 saturated carbocycles. The molecule has 2 rings (SSSR count). The van der Waals surface area contributed by atoms with Crippen molar-refractivity contribution in [2.45, 2.75) is 34.1 Å². The molecule has 0 aromatic heterocycles. The van der Waals surface area contributed by atoms with Crippen molar-refractivity contribution in [1.29, 1.82) is 0 Å². The van der Waals surface area contributed by atoms with E-state index in [-0.39, 0.29) is 17.7 Å². The van der Waals surface area contributed by atoms with E-state index in [1.807, 2.05) is 0 Å². The van der Waals surface area contributed by atoms with Crippen LogP contribution >= 0.6 is 0 Å². The van der Waals surface area contributed by atoms with Gasteiger partial charge in [0.15, 0.2) is 6.61 Å². The zero-order chi connectivity index (χ0) is 23.8. The molecule has 0 bridgehead atoms. The molecule has 2 N–H and O–H groups in total. The van der Waals surface area contributed by atoms with Crippen molar-refractivity contribution in [3.8, 4) is 5.75 Å². The third-order valence-electron chi connectivity index (χ3n) is 4.48. The predicted octanol–water partition coefficient (Wildman–Crippen LogP) is 4.73. The number of nitrogens with one attached hydrogen (secondary N) is 1. The maximum absolute atomic E-state index is 14.0. The highest BCUT2D eigenvalue weighted by Gasteiger charge is 2.18. The second-order valence-electron chi connectivity index (χ2n) is 8.51. The molecular weight excluding hydrogens is 418 g/mol. The molecule has 0 atom stereocenters. The number of amides is 1. The van der Waals surface area contributed by atoms with E-state index >= 15 is 0 Å². The van der Waals surface area contributed by atoms with Crippen molar-refractivity contribution in [3.05, 3.63) is 53.6 Å². The molecule has 0 heterocycles. The van der Waals surface area contributed by atoms with E-state index in [2.05, 4.69) is 37.9 Å². The van der Waals surface area contributed by atoms with Crippen LogP contribution in [0.1, 0.15) is 33.3 Å². The number of nitrogens with zero attached hydrogens (tertiary/aromatic N) is 1. The number of halogens is 2. The molecule has 174 valence electrons. The highest BCUT2D eigenvalue weighted by atomic mass is 19.1. The summed E-state index contributed by atoms with van der Waals surface area (Å²) < 4.78 is 32.4. The molecule has 6 nitrogen and oxygen atoms in total. The van der Waals surface area contributed by atoms with Gasteiger partial charge in [0, 0.05) is 25.2 Å². The van der Waals surface area contributed by atoms with Crippen LogP contribution in [0.4, 0.5) is 20.2 Å². The van der Waals surface area contributed by atoms with E-state index in [9.17, 15) is 18.4 Å². The average Bonchev–Trinajstić information content (AvgIpc) is 2.67. The Bertz CT molecular complexity index is 938. The first-order valence-electron chi connectivity index (χ1n) is 10.5. The van der Waals surface area contributed by atoms with Crippen molar-refractivity contribution >= 4 is 23.3 Å². The fourth-order valence-corrected chi connectivity index (χ4v) is 3.31. The number of aliphatic carboxylic acids is 1. The Hall–Kier alpha value is -3.16. The Balaban J connectivity index is 2.34. The number of carboxylic acid groups (broad SMARTS) is 1. The summed E-state index contributed by atoms with van der Waals surface area (Å²) in [5.41, 5.74) is 1.26. The van der Waals surface area contributed by atoms with Gasteiger partial charge in [-0.05, 0) is 35.6 Å². The van der Waals surface area contributed by atoms with Gasteiger partial charge in [0.05, 0.1) is 17.8 Å². The van der Waals surface area contributed by atoms with Gasteiger partial charge in [-0.2, -0.15) is 0 Å². The summed E-state index contributed by atoms with van der Waals surface area (Å²) in [5.74, 6) is -2.11. The molecule has 0 unspecified atom stereocenters. The van der Waals surface area contributed by atoms with E-state index in [1.165, 1.54) is 6.07 Å². The van der Waals surface area contributed by atoms with Crippen LogP contribution in [0.25, 0.3) is 0 Å². The molecule has 0 radical (unpaired) electrons. The highest BCUT2D eigenvalue weighted by molar-refractivity contribution is 5.96. The van der Waals surface area contributed by atoms with E-state index in [4.69, 9.17) is 9.84 Å². The van der Waals surface area contributed by atoms with E-state index in [1.54, 1.807) is 18.2 Å². The molecule has 0 aliphatic carbocycles. The average molecular weight is 449 g/mol. The summed E-state index contributed by atoms with van der Waals surface area (Å²) in [7, 11) is 0. The fraction of sp³-hybridized carbons (Fsp3) is 0.417. The smallest absolute Gasteiger partial charge is 0.341 e. The summed E-state index contributed by atoms with van der Waals surface area (Å²) in [4.78, 5) is 25.7. The number of ether oxygens (including phenoxy) is 1. The van der Waals surface area contributed by atoms with Gasteiger partial charge in [-0.3, -0.25) is 4.79 Å². The minimum atomic E-state index is -1.12. The zero-order valence-electron chi connectivity index (χ0n) is 18.8. The Labute approximate surface area is 187 Å². The lowest BCUT2D eigenvalue weighted by molar-refractivity contribution is -0.139. The number of carboxylic acids is 1. The lowest BCUT2D eigenvalue weighted by Gasteiger charge is -2.30. The van der Waals surface area contributed by atoms with Gasteiger partial charge >= 0.3 is 5.97 Å². The van der Waals surface area contributed by atoms with Crippen molar-refractivity contribution in [3.63, 3.8) is 0 Å².